The Morgan fingerprint density at radius 3 is 2.25 bits per heavy atom. The number of piperidine rings is 1. The molecule has 1 aromatic carbocycles. The first-order valence-electron chi connectivity index (χ1n) is 10.5. The number of likely N-dealkylation sites (N-methyl/N-ethyl adjacent to an activating group) is 1. The Morgan fingerprint density at radius 2 is 1.69 bits per heavy atom. The number of benzene rings is 1. The SMILES string of the molecule is CCOC(=O)CN(C)C(=O)CN(C(=O)OCc1ccccc1)C1(C)CCN(C(=O)O)CC1. The molecule has 10 heteroatoms. The van der Waals surface area contributed by atoms with E-state index in [1.807, 2.05) is 37.3 Å². The average Bonchev–Trinajstić information content (AvgIpc) is 2.76. The molecule has 32 heavy (non-hydrogen) atoms. The summed E-state index contributed by atoms with van der Waals surface area (Å²) in [4.78, 5) is 52.6. The Kier molecular flexibility index (Phi) is 8.86. The monoisotopic (exact) mass is 449 g/mol. The quantitative estimate of drug-likeness (QED) is 0.605. The van der Waals surface area contributed by atoms with Gasteiger partial charge in [0, 0.05) is 25.7 Å². The summed E-state index contributed by atoms with van der Waals surface area (Å²) in [6.45, 7) is 3.68. The van der Waals surface area contributed by atoms with E-state index in [2.05, 4.69) is 0 Å². The Morgan fingerprint density at radius 1 is 1.06 bits per heavy atom. The summed E-state index contributed by atoms with van der Waals surface area (Å²) in [5.74, 6) is -0.987. The van der Waals surface area contributed by atoms with Crippen LogP contribution in [0.2, 0.25) is 0 Å². The molecule has 1 N–H and O–H groups in total. The highest BCUT2D eigenvalue weighted by Crippen LogP contribution is 2.29. The molecule has 176 valence electrons. The molecule has 0 saturated carbocycles. The lowest BCUT2D eigenvalue weighted by Crippen LogP contribution is -2.58. The van der Waals surface area contributed by atoms with E-state index in [1.165, 1.54) is 21.7 Å². The molecule has 1 aliphatic rings. The third kappa shape index (κ3) is 6.86. The molecule has 0 bridgehead atoms. The molecule has 1 fully saturated rings. The number of hydrogen-bond acceptors (Lipinski definition) is 6. The minimum Gasteiger partial charge on any atom is -0.465 e. The summed E-state index contributed by atoms with van der Waals surface area (Å²) in [5.41, 5.74) is 0.0255. The van der Waals surface area contributed by atoms with Gasteiger partial charge in [-0.3, -0.25) is 14.5 Å². The van der Waals surface area contributed by atoms with Crippen molar-refractivity contribution < 1.29 is 33.8 Å². The molecule has 0 spiro atoms. The molecule has 1 aromatic rings. The fraction of sp³-hybridized carbons (Fsp3) is 0.545. The number of nitrogens with zero attached hydrogens (tertiary/aromatic N) is 3. The minimum atomic E-state index is -1.02. The zero-order chi connectivity index (χ0) is 23.7. The number of ether oxygens (including phenoxy) is 2. The summed E-state index contributed by atoms with van der Waals surface area (Å²) in [6.07, 6.45) is -0.975. The number of amides is 3. The van der Waals surface area contributed by atoms with Crippen molar-refractivity contribution in [1.82, 2.24) is 14.7 Å². The van der Waals surface area contributed by atoms with Gasteiger partial charge in [0.1, 0.15) is 19.7 Å². The maximum Gasteiger partial charge on any atom is 0.411 e. The van der Waals surface area contributed by atoms with Crippen LogP contribution in [0.4, 0.5) is 9.59 Å². The van der Waals surface area contributed by atoms with Crippen molar-refractivity contribution in [2.45, 2.75) is 38.8 Å². The molecule has 0 aliphatic carbocycles. The summed E-state index contributed by atoms with van der Waals surface area (Å²) in [7, 11) is 1.46. The molecule has 1 heterocycles. The number of esters is 1. The second kappa shape index (κ2) is 11.4. The number of rotatable bonds is 8. The molecule has 0 aromatic heterocycles. The van der Waals surface area contributed by atoms with Crippen molar-refractivity contribution in [3.05, 3.63) is 35.9 Å². The van der Waals surface area contributed by atoms with E-state index in [9.17, 15) is 24.3 Å². The van der Waals surface area contributed by atoms with Crippen LogP contribution in [0.5, 0.6) is 0 Å². The largest absolute Gasteiger partial charge is 0.465 e. The van der Waals surface area contributed by atoms with Crippen LogP contribution in [0.1, 0.15) is 32.3 Å². The predicted molar refractivity (Wildman–Crippen MR) is 115 cm³/mol. The first-order chi connectivity index (χ1) is 15.2. The van der Waals surface area contributed by atoms with E-state index in [0.29, 0.717) is 12.8 Å². The Labute approximate surface area is 187 Å². The molecule has 0 unspecified atom stereocenters. The lowest BCUT2D eigenvalue weighted by Gasteiger charge is -2.45. The number of hydrogen-bond donors (Lipinski definition) is 1. The van der Waals surface area contributed by atoms with Crippen molar-refractivity contribution in [2.24, 2.45) is 0 Å². The highest BCUT2D eigenvalue weighted by Gasteiger charge is 2.41. The highest BCUT2D eigenvalue weighted by molar-refractivity contribution is 5.85. The third-order valence-corrected chi connectivity index (χ3v) is 5.58. The van der Waals surface area contributed by atoms with Gasteiger partial charge in [0.05, 0.1) is 6.61 Å². The van der Waals surface area contributed by atoms with E-state index in [0.717, 1.165) is 5.56 Å². The predicted octanol–water partition coefficient (Wildman–Crippen LogP) is 2.18. The van der Waals surface area contributed by atoms with Crippen molar-refractivity contribution in [1.29, 1.82) is 0 Å². The average molecular weight is 450 g/mol. The molecule has 1 saturated heterocycles. The van der Waals surface area contributed by atoms with Crippen LogP contribution < -0.4 is 0 Å². The first kappa shape index (κ1) is 25.0. The van der Waals surface area contributed by atoms with Gasteiger partial charge in [0.2, 0.25) is 5.91 Å². The second-order valence-electron chi connectivity index (χ2n) is 7.95. The fourth-order valence-electron chi connectivity index (χ4n) is 3.47. The zero-order valence-corrected chi connectivity index (χ0v) is 18.8. The first-order valence-corrected chi connectivity index (χ1v) is 10.5. The molecular formula is C22H31N3O7. The van der Waals surface area contributed by atoms with Gasteiger partial charge in [-0.15, -0.1) is 0 Å². The van der Waals surface area contributed by atoms with E-state index in [-0.39, 0.29) is 39.4 Å². The van der Waals surface area contributed by atoms with Gasteiger partial charge in [0.25, 0.3) is 0 Å². The van der Waals surface area contributed by atoms with Crippen molar-refractivity contribution in [2.75, 3.05) is 39.8 Å². The Bertz CT molecular complexity index is 807. The molecule has 0 atom stereocenters. The molecule has 2 rings (SSSR count). The molecule has 1 aliphatic heterocycles. The van der Waals surface area contributed by atoms with Crippen LogP contribution in [0, 0.1) is 0 Å². The zero-order valence-electron chi connectivity index (χ0n) is 18.8. The third-order valence-electron chi connectivity index (χ3n) is 5.58. The van der Waals surface area contributed by atoms with Crippen LogP contribution >= 0.6 is 0 Å². The van der Waals surface area contributed by atoms with Gasteiger partial charge in [0.15, 0.2) is 0 Å². The molecule has 10 nitrogen and oxygen atoms in total. The number of carboxylic acid groups (broad SMARTS) is 1. The smallest absolute Gasteiger partial charge is 0.411 e. The van der Waals surface area contributed by atoms with Crippen molar-refractivity contribution in [3.63, 3.8) is 0 Å². The van der Waals surface area contributed by atoms with Gasteiger partial charge in [-0.1, -0.05) is 30.3 Å². The fourth-order valence-corrected chi connectivity index (χ4v) is 3.47. The number of carbonyl (C=O) groups is 4. The maximum absolute atomic E-state index is 13.0. The normalized spacial score (nSPS) is 14.9. The van der Waals surface area contributed by atoms with E-state index < -0.39 is 29.6 Å². The van der Waals surface area contributed by atoms with Crippen molar-refractivity contribution >= 4 is 24.1 Å². The van der Waals surface area contributed by atoms with Gasteiger partial charge in [-0.25, -0.2) is 9.59 Å². The lowest BCUT2D eigenvalue weighted by molar-refractivity contribution is -0.148. The van der Waals surface area contributed by atoms with Gasteiger partial charge < -0.3 is 24.4 Å². The van der Waals surface area contributed by atoms with E-state index in [1.54, 1.807) is 6.92 Å². The van der Waals surface area contributed by atoms with Crippen LogP contribution in [-0.2, 0) is 25.7 Å². The summed E-state index contributed by atoms with van der Waals surface area (Å²) < 4.78 is 10.4. The standard InChI is InChI=1S/C22H31N3O7/c1-4-31-19(27)15-23(3)18(26)14-25(21(30)32-16-17-8-6-5-7-9-17)22(2)10-12-24(13-11-22)20(28)29/h5-9H,4,10-16H2,1-3H3,(H,28,29). The van der Waals surface area contributed by atoms with Crippen LogP contribution in [-0.4, -0.2) is 89.2 Å². The Hall–Kier alpha value is -3.30. The van der Waals surface area contributed by atoms with Crippen LogP contribution in [0.3, 0.4) is 0 Å². The summed E-state index contributed by atoms with van der Waals surface area (Å²) >= 11 is 0. The minimum absolute atomic E-state index is 0.0420. The summed E-state index contributed by atoms with van der Waals surface area (Å²) in [5, 5.41) is 9.23. The highest BCUT2D eigenvalue weighted by atomic mass is 16.6. The topological polar surface area (TPSA) is 117 Å². The Balaban J connectivity index is 2.12. The van der Waals surface area contributed by atoms with E-state index in [4.69, 9.17) is 9.47 Å². The molecule has 3 amide bonds. The maximum atomic E-state index is 13.0. The lowest BCUT2D eigenvalue weighted by atomic mass is 9.88. The second-order valence-corrected chi connectivity index (χ2v) is 7.95. The molecular weight excluding hydrogens is 418 g/mol. The summed E-state index contributed by atoms with van der Waals surface area (Å²) in [6, 6.07) is 9.16. The van der Waals surface area contributed by atoms with Crippen LogP contribution in [0.15, 0.2) is 30.3 Å². The van der Waals surface area contributed by atoms with Gasteiger partial charge in [-0.2, -0.15) is 0 Å². The van der Waals surface area contributed by atoms with Crippen molar-refractivity contribution in [3.8, 4) is 0 Å². The number of carbonyl (C=O) groups excluding carboxylic acids is 3. The molecule has 0 radical (unpaired) electrons. The number of likely N-dealkylation sites (tertiary alicyclic amines) is 1. The van der Waals surface area contributed by atoms with E-state index >= 15 is 0 Å². The van der Waals surface area contributed by atoms with Gasteiger partial charge in [-0.05, 0) is 32.3 Å². The van der Waals surface area contributed by atoms with Crippen LogP contribution in [0.25, 0.3) is 0 Å². The van der Waals surface area contributed by atoms with Gasteiger partial charge >= 0.3 is 18.2 Å².